The Labute approximate surface area is 228 Å². The predicted octanol–water partition coefficient (Wildman–Crippen LogP) is 5.15. The Balaban J connectivity index is 1.75. The van der Waals surface area contributed by atoms with Gasteiger partial charge >= 0.3 is 0 Å². The summed E-state index contributed by atoms with van der Waals surface area (Å²) in [4.78, 5) is 27.7. The van der Waals surface area contributed by atoms with Crippen LogP contribution in [0, 0.1) is 5.82 Å². The molecule has 0 aromatic heterocycles. The van der Waals surface area contributed by atoms with Crippen molar-refractivity contribution in [2.45, 2.75) is 64.1 Å². The number of anilines is 1. The summed E-state index contributed by atoms with van der Waals surface area (Å²) in [6.07, 6.45) is 5.03. The number of halogens is 3. The molecule has 1 fully saturated rings. The summed E-state index contributed by atoms with van der Waals surface area (Å²) < 4.78 is 40.5. The van der Waals surface area contributed by atoms with E-state index in [2.05, 4.69) is 5.32 Å². The van der Waals surface area contributed by atoms with Crippen molar-refractivity contribution < 1.29 is 22.4 Å². The van der Waals surface area contributed by atoms with Crippen molar-refractivity contribution in [1.29, 1.82) is 0 Å². The SMILES string of the molecule is CC(C(=O)NC1CCCC1)N(Cc1ccccc1F)C(=O)CCCN(c1cc(Cl)ccc1Cl)S(C)(=O)=O. The fraction of sp³-hybridized carbons (Fsp3) is 0.462. The predicted molar refractivity (Wildman–Crippen MR) is 145 cm³/mol. The second-order valence-corrected chi connectivity index (χ2v) is 12.1. The van der Waals surface area contributed by atoms with Gasteiger partial charge in [0.15, 0.2) is 0 Å². The molecule has 1 aliphatic carbocycles. The molecule has 0 bridgehead atoms. The average molecular weight is 573 g/mol. The molecule has 202 valence electrons. The quantitative estimate of drug-likeness (QED) is 0.404. The number of hydrogen-bond donors (Lipinski definition) is 1. The maximum Gasteiger partial charge on any atom is 0.242 e. The number of hydrogen-bond acceptors (Lipinski definition) is 4. The minimum atomic E-state index is -3.72. The molecule has 3 rings (SSSR count). The van der Waals surface area contributed by atoms with Gasteiger partial charge in [-0.05, 0) is 50.5 Å². The second kappa shape index (κ2) is 12.9. The number of nitrogens with one attached hydrogen (secondary N) is 1. The van der Waals surface area contributed by atoms with Gasteiger partial charge in [0, 0.05) is 36.1 Å². The summed E-state index contributed by atoms with van der Waals surface area (Å²) in [7, 11) is -3.72. The minimum Gasteiger partial charge on any atom is -0.352 e. The van der Waals surface area contributed by atoms with Gasteiger partial charge in [0.25, 0.3) is 0 Å². The lowest BCUT2D eigenvalue weighted by Gasteiger charge is -2.30. The zero-order valence-electron chi connectivity index (χ0n) is 20.9. The van der Waals surface area contributed by atoms with Crippen LogP contribution in [0.5, 0.6) is 0 Å². The van der Waals surface area contributed by atoms with E-state index in [1.54, 1.807) is 31.2 Å². The van der Waals surface area contributed by atoms with E-state index in [4.69, 9.17) is 23.2 Å². The molecule has 0 heterocycles. The molecule has 0 radical (unpaired) electrons. The molecule has 1 unspecified atom stereocenters. The van der Waals surface area contributed by atoms with Crippen LogP contribution in [0.3, 0.4) is 0 Å². The van der Waals surface area contributed by atoms with E-state index in [9.17, 15) is 22.4 Å². The van der Waals surface area contributed by atoms with Crippen LogP contribution in [0.25, 0.3) is 0 Å². The van der Waals surface area contributed by atoms with Crippen molar-refractivity contribution >= 4 is 50.7 Å². The van der Waals surface area contributed by atoms with Gasteiger partial charge in [-0.1, -0.05) is 54.2 Å². The third-order valence-electron chi connectivity index (χ3n) is 6.50. The summed E-state index contributed by atoms with van der Waals surface area (Å²) in [5.41, 5.74) is 0.511. The molecule has 2 aromatic carbocycles. The molecule has 1 N–H and O–H groups in total. The van der Waals surface area contributed by atoms with E-state index in [1.165, 1.54) is 23.1 Å². The van der Waals surface area contributed by atoms with Gasteiger partial charge in [-0.15, -0.1) is 0 Å². The van der Waals surface area contributed by atoms with Crippen molar-refractivity contribution in [3.8, 4) is 0 Å². The summed E-state index contributed by atoms with van der Waals surface area (Å²) >= 11 is 12.3. The van der Waals surface area contributed by atoms with Crippen LogP contribution in [0.15, 0.2) is 42.5 Å². The Hall–Kier alpha value is -2.36. The first-order valence-electron chi connectivity index (χ1n) is 12.2. The van der Waals surface area contributed by atoms with Crippen LogP contribution in [-0.4, -0.2) is 50.0 Å². The van der Waals surface area contributed by atoms with Crippen molar-refractivity contribution in [3.05, 3.63) is 63.9 Å². The molecule has 0 spiro atoms. The molecule has 37 heavy (non-hydrogen) atoms. The van der Waals surface area contributed by atoms with Gasteiger partial charge < -0.3 is 10.2 Å². The van der Waals surface area contributed by atoms with E-state index in [0.29, 0.717) is 10.6 Å². The number of rotatable bonds is 11. The Kier molecular flexibility index (Phi) is 10.2. The van der Waals surface area contributed by atoms with E-state index < -0.39 is 21.9 Å². The molecular weight excluding hydrogens is 540 g/mol. The van der Waals surface area contributed by atoms with E-state index in [-0.39, 0.29) is 54.5 Å². The Morgan fingerprint density at radius 2 is 1.81 bits per heavy atom. The lowest BCUT2D eigenvalue weighted by Crippen LogP contribution is -2.49. The van der Waals surface area contributed by atoms with Gasteiger partial charge in [0.1, 0.15) is 11.9 Å². The van der Waals surface area contributed by atoms with Crippen LogP contribution in [0.4, 0.5) is 10.1 Å². The average Bonchev–Trinajstić information content (AvgIpc) is 3.34. The van der Waals surface area contributed by atoms with Gasteiger partial charge in [0.2, 0.25) is 21.8 Å². The molecule has 11 heteroatoms. The van der Waals surface area contributed by atoms with E-state index >= 15 is 0 Å². The van der Waals surface area contributed by atoms with Crippen molar-refractivity contribution in [1.82, 2.24) is 10.2 Å². The molecule has 1 atom stereocenters. The van der Waals surface area contributed by atoms with Crippen LogP contribution < -0.4 is 9.62 Å². The molecule has 0 saturated heterocycles. The van der Waals surface area contributed by atoms with E-state index in [0.717, 1.165) is 36.2 Å². The maximum atomic E-state index is 14.4. The normalized spacial score (nSPS) is 14.8. The largest absolute Gasteiger partial charge is 0.352 e. The highest BCUT2D eigenvalue weighted by molar-refractivity contribution is 7.92. The lowest BCUT2D eigenvalue weighted by atomic mass is 10.1. The van der Waals surface area contributed by atoms with Gasteiger partial charge in [-0.25, -0.2) is 12.8 Å². The number of nitrogens with zero attached hydrogens (tertiary/aromatic N) is 2. The van der Waals surface area contributed by atoms with Crippen molar-refractivity contribution in [2.24, 2.45) is 0 Å². The molecule has 1 saturated carbocycles. The first-order valence-corrected chi connectivity index (χ1v) is 14.8. The minimum absolute atomic E-state index is 0.0270. The molecule has 0 aliphatic heterocycles. The number of benzene rings is 2. The van der Waals surface area contributed by atoms with Crippen molar-refractivity contribution in [2.75, 3.05) is 17.1 Å². The molecule has 2 aromatic rings. The summed E-state index contributed by atoms with van der Waals surface area (Å²) in [5, 5.41) is 3.53. The van der Waals surface area contributed by atoms with Crippen molar-refractivity contribution in [3.63, 3.8) is 0 Å². The molecule has 2 amide bonds. The third-order valence-corrected chi connectivity index (χ3v) is 8.23. The fourth-order valence-electron chi connectivity index (χ4n) is 4.44. The molecule has 1 aliphatic rings. The smallest absolute Gasteiger partial charge is 0.242 e. The third kappa shape index (κ3) is 8.06. The summed E-state index contributed by atoms with van der Waals surface area (Å²) in [6.45, 7) is 1.51. The van der Waals surface area contributed by atoms with Gasteiger partial charge in [-0.3, -0.25) is 13.9 Å². The number of carbonyl (C=O) groups is 2. The summed E-state index contributed by atoms with van der Waals surface area (Å²) in [5.74, 6) is -1.15. The van der Waals surface area contributed by atoms with Gasteiger partial charge in [0.05, 0.1) is 17.0 Å². The highest BCUT2D eigenvalue weighted by Gasteiger charge is 2.29. The van der Waals surface area contributed by atoms with Crippen LogP contribution in [-0.2, 0) is 26.2 Å². The first kappa shape index (κ1) is 29.2. The number of carbonyl (C=O) groups excluding carboxylic acids is 2. The van der Waals surface area contributed by atoms with Crippen LogP contribution >= 0.6 is 23.2 Å². The monoisotopic (exact) mass is 571 g/mol. The molecular formula is C26H32Cl2FN3O4S. The topological polar surface area (TPSA) is 86.8 Å². The fourth-order valence-corrected chi connectivity index (χ4v) is 5.85. The maximum absolute atomic E-state index is 14.4. The Morgan fingerprint density at radius 3 is 2.46 bits per heavy atom. The lowest BCUT2D eigenvalue weighted by molar-refractivity contribution is -0.141. The zero-order valence-corrected chi connectivity index (χ0v) is 23.3. The Bertz CT molecular complexity index is 1220. The van der Waals surface area contributed by atoms with Crippen LogP contribution in [0.1, 0.15) is 51.0 Å². The molecule has 7 nitrogen and oxygen atoms in total. The van der Waals surface area contributed by atoms with E-state index in [1.807, 2.05) is 0 Å². The highest BCUT2D eigenvalue weighted by Crippen LogP contribution is 2.31. The van der Waals surface area contributed by atoms with Gasteiger partial charge in [-0.2, -0.15) is 0 Å². The zero-order chi connectivity index (χ0) is 27.2. The van der Waals surface area contributed by atoms with Crippen LogP contribution in [0.2, 0.25) is 10.0 Å². The summed E-state index contributed by atoms with van der Waals surface area (Å²) in [6, 6.07) is 9.85. The standard InChI is InChI=1S/C26H32Cl2FN3O4S/c1-18(26(34)30-21-9-4-5-10-21)31(17-19-8-3-6-11-23(19)29)25(33)12-7-15-32(37(2,35)36)24-16-20(27)13-14-22(24)28/h3,6,8,11,13-14,16,18,21H,4-5,7,9-10,12,15,17H2,1-2H3,(H,30,34). The highest BCUT2D eigenvalue weighted by atomic mass is 35.5. The number of sulfonamides is 1. The number of amides is 2. The Morgan fingerprint density at radius 1 is 1.14 bits per heavy atom. The first-order chi connectivity index (χ1) is 17.5. The second-order valence-electron chi connectivity index (χ2n) is 9.31.